The molecule has 32 heteroatoms. The van der Waals surface area contributed by atoms with E-state index in [-0.39, 0.29) is 144 Å². The van der Waals surface area contributed by atoms with Crippen LogP contribution in [0.3, 0.4) is 0 Å². The lowest BCUT2D eigenvalue weighted by molar-refractivity contribution is -0.198. The van der Waals surface area contributed by atoms with Crippen molar-refractivity contribution in [2.45, 2.75) is 219 Å². The van der Waals surface area contributed by atoms with Gasteiger partial charge in [0.05, 0.1) is 68.1 Å². The number of imide groups is 2. The summed E-state index contributed by atoms with van der Waals surface area (Å²) in [5.41, 5.74) is 8.48. The van der Waals surface area contributed by atoms with Gasteiger partial charge in [-0.15, -0.1) is 16.8 Å². The molecule has 8 N–H and O–H groups in total. The number of carbonyl (C=O) groups excluding carboxylic acids is 14. The quantitative estimate of drug-likeness (QED) is 0.0179. The highest BCUT2D eigenvalue weighted by atomic mass is 32.2. The van der Waals surface area contributed by atoms with Gasteiger partial charge < -0.3 is 71.2 Å². The monoisotopic (exact) mass is 1560 g/mol. The van der Waals surface area contributed by atoms with Gasteiger partial charge in [0, 0.05) is 95.1 Å². The minimum Gasteiger partial charge on any atom is -0.429 e. The topological polar surface area (TPSA) is 400 Å². The number of hydrogen-bond donors (Lipinski definition) is 7. The first-order valence-electron chi connectivity index (χ1n) is 38.0. The number of ether oxygens (including phenoxy) is 4. The normalized spacial score (nSPS) is 18.9. The standard InChI is InChI=1S/C78H116N12O19S/c1-16-48(7)70(87(13)75(102)68(45(2)3)85-73(100)69(46(4)5)86(11)12)59(105-14)37-65(96)89-42-54(36-57(89)71(106-15)50(9)51(10)81-40-58(91)55-28-23-47(6)35-49(55)8)108-77(104)107-43-52-24-26-53(27-25-52)83-72(99)56(21-20-33-80-76(79)103)84-62(93)41-82-61(92)22-18-17-19-34-88-66(97)38-60(74(88)101)110-44-78(31-32-78)39-67(98)109-90-63(94)29-30-64(90)95/h23-28,35,45-46,48,50,54,56-57,59-60,68-71,81H,10,16-22,29-34,36-44H2,1-9,11-15H3,(H,82,92)(H,83,99)(H,84,93)(H,85,100)(H3,79,80,103)/t48-,50-,54-,56-,57-,59+,60?,68-,69-,70?,71+/m0/s1. The second kappa shape index (κ2) is 42.4. The van der Waals surface area contributed by atoms with Crippen LogP contribution in [0, 0.1) is 42.9 Å². The molecule has 608 valence electrons. The summed E-state index contributed by atoms with van der Waals surface area (Å²) in [5.74, 6) is -6.05. The molecule has 2 unspecified atom stereocenters. The number of carbonyl (C=O) groups is 14. The molecule has 31 nitrogen and oxygen atoms in total. The molecule has 4 fully saturated rings. The number of likely N-dealkylation sites (tertiary alicyclic amines) is 2. The summed E-state index contributed by atoms with van der Waals surface area (Å²) in [6.07, 6.45) is -0.143. The second-order valence-electron chi connectivity index (χ2n) is 30.4. The number of thioether (sulfide) groups is 1. The molecule has 0 bridgehead atoms. The first-order chi connectivity index (χ1) is 52.0. The summed E-state index contributed by atoms with van der Waals surface area (Å²) in [4.78, 5) is 196. The fourth-order valence-electron chi connectivity index (χ4n) is 14.3. The van der Waals surface area contributed by atoms with E-state index in [0.717, 1.165) is 11.1 Å². The number of benzene rings is 2. The van der Waals surface area contributed by atoms with E-state index >= 15 is 4.79 Å². The zero-order valence-corrected chi connectivity index (χ0v) is 67.1. The number of nitrogens with zero attached hydrogens (tertiary/aromatic N) is 5. The van der Waals surface area contributed by atoms with Crippen LogP contribution in [0.15, 0.2) is 54.7 Å². The number of amides is 12. The predicted octanol–water partition coefficient (Wildman–Crippen LogP) is 5.76. The molecule has 0 radical (unpaired) electrons. The zero-order valence-electron chi connectivity index (χ0n) is 66.3. The Morgan fingerprint density at radius 3 is 2.06 bits per heavy atom. The number of hydroxylamine groups is 2. The van der Waals surface area contributed by atoms with Gasteiger partial charge in [-0.25, -0.2) is 14.4 Å². The molecule has 110 heavy (non-hydrogen) atoms. The maximum absolute atomic E-state index is 15.1. The molecule has 12 amide bonds. The summed E-state index contributed by atoms with van der Waals surface area (Å²) < 4.78 is 23.9. The molecular weight excluding hydrogens is 1440 g/mol. The van der Waals surface area contributed by atoms with E-state index in [1.54, 1.807) is 47.2 Å². The van der Waals surface area contributed by atoms with Gasteiger partial charge in [-0.3, -0.25) is 62.5 Å². The fraction of sp³-hybridized carbons (Fsp3) is 0.641. The van der Waals surface area contributed by atoms with Crippen molar-refractivity contribution in [1.82, 2.24) is 51.2 Å². The van der Waals surface area contributed by atoms with Crippen molar-refractivity contribution in [2.75, 3.05) is 79.2 Å². The van der Waals surface area contributed by atoms with E-state index in [1.165, 1.54) is 30.9 Å². The summed E-state index contributed by atoms with van der Waals surface area (Å²) in [7, 11) is 8.27. The van der Waals surface area contributed by atoms with Gasteiger partial charge in [0.2, 0.25) is 47.3 Å². The van der Waals surface area contributed by atoms with E-state index in [9.17, 15) is 62.3 Å². The van der Waals surface area contributed by atoms with E-state index < -0.39 is 119 Å². The summed E-state index contributed by atoms with van der Waals surface area (Å²) in [6, 6.07) is 7.20. The van der Waals surface area contributed by atoms with Crippen LogP contribution in [-0.4, -0.2) is 235 Å². The van der Waals surface area contributed by atoms with Crippen LogP contribution in [0.1, 0.15) is 172 Å². The third-order valence-corrected chi connectivity index (χ3v) is 22.5. The van der Waals surface area contributed by atoms with Crippen LogP contribution in [-0.2, 0) is 83.1 Å². The van der Waals surface area contributed by atoms with E-state index in [4.69, 9.17) is 29.5 Å². The van der Waals surface area contributed by atoms with Crippen molar-refractivity contribution < 1.29 is 90.9 Å². The lowest BCUT2D eigenvalue weighted by atomic mass is 9.89. The largest absolute Gasteiger partial charge is 0.508 e. The molecule has 2 aromatic carbocycles. The molecule has 1 aliphatic carbocycles. The number of nitrogens with one attached hydrogen (secondary N) is 6. The average molecular weight is 1560 g/mol. The van der Waals surface area contributed by atoms with Crippen LogP contribution in [0.2, 0.25) is 0 Å². The number of rotatable bonds is 45. The van der Waals surface area contributed by atoms with Gasteiger partial charge in [0.25, 0.3) is 11.8 Å². The van der Waals surface area contributed by atoms with Gasteiger partial charge in [-0.05, 0) is 113 Å². The Morgan fingerprint density at radius 2 is 1.46 bits per heavy atom. The van der Waals surface area contributed by atoms with E-state index in [0.29, 0.717) is 71.9 Å². The molecule has 6 rings (SSSR count). The molecule has 2 aromatic rings. The SMILES string of the molecule is C=C(NCC(=O)c1ccc(C)cc1C)[C@H](C)[C@@H](OC)[C@@H]1C[C@H](OC(=O)OCc2ccc(NC(=O)[C@H](CCCNC(N)=O)NC(=O)CNC(=O)CCCCCN3C(=O)CC(SCC4(CC(=O)ON5C(=O)CCC5=O)CC4)C3=O)cc2)CN1C(=O)C[C@@H](OC)C([C@@H](C)CC)N(C)C(=O)[C@@H](NC(=O)[C@H](C(C)C)N(C)C)C(C)C. The number of Topliss-reactive ketones (excluding diaryl/α,β-unsaturated/α-hetero) is 1. The smallest absolute Gasteiger partial charge is 0.429 e. The maximum atomic E-state index is 15.1. The van der Waals surface area contributed by atoms with Crippen LogP contribution < -0.4 is 37.6 Å². The Morgan fingerprint density at radius 1 is 0.782 bits per heavy atom. The summed E-state index contributed by atoms with van der Waals surface area (Å²) in [5, 5.41) is 16.5. The summed E-state index contributed by atoms with van der Waals surface area (Å²) in [6.45, 7) is 20.9. The lowest BCUT2D eigenvalue weighted by Crippen LogP contribution is -2.59. The Labute approximate surface area is 649 Å². The first-order valence-corrected chi connectivity index (χ1v) is 39.0. The Balaban J connectivity index is 1.03. The van der Waals surface area contributed by atoms with Crippen LogP contribution >= 0.6 is 11.8 Å². The molecule has 11 atom stereocenters. The first kappa shape index (κ1) is 89.9. The number of aryl methyl sites for hydroxylation is 2. The molecule has 0 spiro atoms. The molecule has 4 aliphatic rings. The number of primary amides is 1. The number of urea groups is 1. The highest BCUT2D eigenvalue weighted by Crippen LogP contribution is 2.52. The van der Waals surface area contributed by atoms with Gasteiger partial charge >= 0.3 is 18.2 Å². The van der Waals surface area contributed by atoms with Crippen molar-refractivity contribution in [2.24, 2.45) is 34.8 Å². The van der Waals surface area contributed by atoms with Gasteiger partial charge in [-0.1, -0.05) is 104 Å². The van der Waals surface area contributed by atoms with Crippen LogP contribution in [0.4, 0.5) is 15.3 Å². The molecular formula is C78H116N12O19S. The molecule has 0 aromatic heterocycles. The zero-order chi connectivity index (χ0) is 81.4. The molecule has 3 aliphatic heterocycles. The fourth-order valence-corrected chi connectivity index (χ4v) is 15.8. The van der Waals surface area contributed by atoms with Crippen molar-refractivity contribution in [3.8, 4) is 0 Å². The van der Waals surface area contributed by atoms with E-state index in [1.807, 2.05) is 93.4 Å². The number of methoxy groups -OCH3 is 2. The van der Waals surface area contributed by atoms with Gasteiger partial charge in [0.15, 0.2) is 5.78 Å². The predicted molar refractivity (Wildman–Crippen MR) is 409 cm³/mol. The van der Waals surface area contributed by atoms with Gasteiger partial charge in [-0.2, -0.15) is 0 Å². The van der Waals surface area contributed by atoms with Crippen molar-refractivity contribution in [1.29, 1.82) is 0 Å². The number of hydrogen-bond acceptors (Lipinski definition) is 22. The van der Waals surface area contributed by atoms with Crippen molar-refractivity contribution >= 4 is 100 Å². The third kappa shape index (κ3) is 26.1. The molecule has 3 saturated heterocycles. The number of unbranched alkanes of at least 4 members (excludes halogenated alkanes) is 2. The summed E-state index contributed by atoms with van der Waals surface area (Å²) >= 11 is 1.30. The number of ketones is 1. The lowest BCUT2D eigenvalue weighted by Gasteiger charge is -2.41. The van der Waals surface area contributed by atoms with Crippen LogP contribution in [0.5, 0.6) is 0 Å². The average Bonchev–Trinajstić information content (AvgIpc) is 1.67. The highest BCUT2D eigenvalue weighted by Gasteiger charge is 2.50. The Bertz CT molecular complexity index is 3600. The van der Waals surface area contributed by atoms with Crippen molar-refractivity contribution in [3.05, 3.63) is 77.0 Å². The molecule has 1 saturated carbocycles. The maximum Gasteiger partial charge on any atom is 0.508 e. The second-order valence-corrected chi connectivity index (χ2v) is 31.6. The van der Waals surface area contributed by atoms with Crippen LogP contribution in [0.25, 0.3) is 0 Å². The molecule has 3 heterocycles. The Kier molecular flexibility index (Phi) is 34.7. The minimum atomic E-state index is -1.14. The van der Waals surface area contributed by atoms with Gasteiger partial charge in [0.1, 0.15) is 24.8 Å². The van der Waals surface area contributed by atoms with E-state index in [2.05, 4.69) is 38.5 Å². The minimum absolute atomic E-state index is 0.00749. The number of likely N-dealkylation sites (N-methyl/N-ethyl adjacent to an activating group) is 2. The highest BCUT2D eigenvalue weighted by molar-refractivity contribution is 8.00. The number of anilines is 1. The van der Waals surface area contributed by atoms with Crippen molar-refractivity contribution in [3.63, 3.8) is 0 Å². The third-order valence-electron chi connectivity index (χ3n) is 20.9. The Hall–Kier alpha value is -9.01. The number of nitrogens with two attached hydrogens (primary N) is 1.